The van der Waals surface area contributed by atoms with Gasteiger partial charge in [-0.15, -0.1) is 11.3 Å². The maximum absolute atomic E-state index is 13.9. The number of rotatable bonds is 2. The van der Waals surface area contributed by atoms with Crippen molar-refractivity contribution in [2.24, 2.45) is 0 Å². The van der Waals surface area contributed by atoms with E-state index >= 15 is 0 Å². The number of thiazole rings is 1. The highest BCUT2D eigenvalue weighted by Crippen LogP contribution is 2.33. The van der Waals surface area contributed by atoms with Gasteiger partial charge in [-0.05, 0) is 25.1 Å². The summed E-state index contributed by atoms with van der Waals surface area (Å²) in [6.07, 6.45) is 1.64. The van der Waals surface area contributed by atoms with Crippen LogP contribution in [0.25, 0.3) is 21.8 Å². The first-order valence-corrected chi connectivity index (χ1v) is 7.72. The van der Waals surface area contributed by atoms with Gasteiger partial charge in [0.15, 0.2) is 0 Å². The van der Waals surface area contributed by atoms with E-state index in [2.05, 4.69) is 30.9 Å². The Morgan fingerprint density at radius 1 is 1.24 bits per heavy atom. The minimum atomic E-state index is -0.317. The fourth-order valence-electron chi connectivity index (χ4n) is 1.87. The second kappa shape index (κ2) is 5.50. The Morgan fingerprint density at radius 2 is 2.05 bits per heavy atom. The molecule has 4 nitrogen and oxygen atoms in total. The predicted molar refractivity (Wildman–Crippen MR) is 85.4 cm³/mol. The van der Waals surface area contributed by atoms with Gasteiger partial charge in [-0.1, -0.05) is 15.9 Å². The number of aromatic nitrogens is 3. The summed E-state index contributed by atoms with van der Waals surface area (Å²) in [6.45, 7) is 1.77. The van der Waals surface area contributed by atoms with E-state index in [1.807, 2.05) is 0 Å². The Morgan fingerprint density at radius 3 is 2.81 bits per heavy atom. The number of aryl methyl sites for hydroxylation is 1. The van der Waals surface area contributed by atoms with Gasteiger partial charge in [-0.25, -0.2) is 19.3 Å². The number of halogens is 2. The Kier molecular flexibility index (Phi) is 3.69. The Labute approximate surface area is 133 Å². The average Bonchev–Trinajstić information content (AvgIpc) is 2.91. The summed E-state index contributed by atoms with van der Waals surface area (Å²) >= 11 is 4.71. The molecule has 0 aliphatic heterocycles. The molecule has 2 N–H and O–H groups in total. The molecule has 0 spiro atoms. The average molecular weight is 365 g/mol. The van der Waals surface area contributed by atoms with Crippen molar-refractivity contribution >= 4 is 33.1 Å². The van der Waals surface area contributed by atoms with Crippen LogP contribution in [0.2, 0.25) is 0 Å². The highest BCUT2D eigenvalue weighted by atomic mass is 79.9. The molecule has 0 saturated heterocycles. The molecule has 106 valence electrons. The molecule has 0 amide bonds. The van der Waals surface area contributed by atoms with E-state index < -0.39 is 0 Å². The van der Waals surface area contributed by atoms with Crippen molar-refractivity contribution in [2.75, 3.05) is 5.73 Å². The molecule has 3 aromatic rings. The lowest BCUT2D eigenvalue weighted by Crippen LogP contribution is -1.98. The van der Waals surface area contributed by atoms with Crippen LogP contribution in [0.15, 0.2) is 34.2 Å². The molecule has 21 heavy (non-hydrogen) atoms. The first-order valence-electron chi connectivity index (χ1n) is 6.05. The van der Waals surface area contributed by atoms with Gasteiger partial charge in [0.2, 0.25) is 0 Å². The lowest BCUT2D eigenvalue weighted by atomic mass is 10.1. The molecule has 2 heterocycles. The number of hydrogen-bond donors (Lipinski definition) is 1. The molecular weight excluding hydrogens is 355 g/mol. The zero-order valence-corrected chi connectivity index (χ0v) is 13.4. The number of hydrogen-bond acceptors (Lipinski definition) is 5. The number of benzene rings is 1. The molecule has 3 rings (SSSR count). The van der Waals surface area contributed by atoms with E-state index in [-0.39, 0.29) is 5.82 Å². The molecule has 7 heteroatoms. The van der Waals surface area contributed by atoms with E-state index in [1.165, 1.54) is 17.4 Å². The van der Waals surface area contributed by atoms with Gasteiger partial charge in [-0.2, -0.15) is 0 Å². The summed E-state index contributed by atoms with van der Waals surface area (Å²) in [5, 5.41) is 2.46. The van der Waals surface area contributed by atoms with E-state index in [9.17, 15) is 4.39 Å². The topological polar surface area (TPSA) is 64.7 Å². The first-order chi connectivity index (χ1) is 10.0. The molecule has 0 radical (unpaired) electrons. The first kappa shape index (κ1) is 14.1. The zero-order chi connectivity index (χ0) is 15.0. The van der Waals surface area contributed by atoms with Gasteiger partial charge < -0.3 is 5.73 Å². The lowest BCUT2D eigenvalue weighted by molar-refractivity contribution is 0.630. The molecule has 0 saturated carbocycles. The van der Waals surface area contributed by atoms with E-state index in [4.69, 9.17) is 5.73 Å². The third-order valence-corrected chi connectivity index (χ3v) is 4.25. The van der Waals surface area contributed by atoms with Crippen LogP contribution in [-0.4, -0.2) is 15.0 Å². The summed E-state index contributed by atoms with van der Waals surface area (Å²) in [5.41, 5.74) is 7.56. The van der Waals surface area contributed by atoms with Gasteiger partial charge in [-0.3, -0.25) is 0 Å². The Bertz CT molecular complexity index is 818. The Balaban J connectivity index is 2.06. The summed E-state index contributed by atoms with van der Waals surface area (Å²) in [6, 6.07) is 4.75. The highest BCUT2D eigenvalue weighted by molar-refractivity contribution is 9.10. The van der Waals surface area contributed by atoms with Crippen molar-refractivity contribution in [3.8, 4) is 21.8 Å². The zero-order valence-electron chi connectivity index (χ0n) is 11.0. The molecular formula is C14H10BrFN4S. The van der Waals surface area contributed by atoms with Gasteiger partial charge in [0, 0.05) is 21.6 Å². The van der Waals surface area contributed by atoms with Crippen LogP contribution in [0, 0.1) is 12.7 Å². The number of nitrogens with two attached hydrogens (primary N) is 1. The highest BCUT2D eigenvalue weighted by Gasteiger charge is 2.13. The molecule has 2 aromatic heterocycles. The maximum atomic E-state index is 13.9. The molecule has 0 aliphatic carbocycles. The van der Waals surface area contributed by atoms with Crippen molar-refractivity contribution in [1.29, 1.82) is 0 Å². The lowest BCUT2D eigenvalue weighted by Gasteiger charge is -2.02. The molecule has 0 fully saturated rings. The summed E-state index contributed by atoms with van der Waals surface area (Å²) in [5.74, 6) is 0.660. The quantitative estimate of drug-likeness (QED) is 0.744. The third kappa shape index (κ3) is 2.79. The fourth-order valence-corrected chi connectivity index (χ4v) is 3.07. The van der Waals surface area contributed by atoms with Gasteiger partial charge in [0.1, 0.15) is 22.5 Å². The second-order valence-corrected chi connectivity index (χ2v) is 6.15. The third-order valence-electron chi connectivity index (χ3n) is 2.88. The van der Waals surface area contributed by atoms with Gasteiger partial charge >= 0.3 is 0 Å². The van der Waals surface area contributed by atoms with E-state index in [1.54, 1.807) is 30.6 Å². The number of nitrogen functional groups attached to an aromatic ring is 1. The monoisotopic (exact) mass is 364 g/mol. The smallest absolute Gasteiger partial charge is 0.137 e. The van der Waals surface area contributed by atoms with Crippen LogP contribution >= 0.6 is 27.3 Å². The van der Waals surface area contributed by atoms with Crippen LogP contribution in [0.3, 0.4) is 0 Å². The van der Waals surface area contributed by atoms with Crippen LogP contribution in [0.4, 0.5) is 10.2 Å². The van der Waals surface area contributed by atoms with Gasteiger partial charge in [0.05, 0.1) is 11.3 Å². The molecule has 1 aromatic carbocycles. The van der Waals surface area contributed by atoms with Crippen molar-refractivity contribution in [2.45, 2.75) is 6.92 Å². The summed E-state index contributed by atoms with van der Waals surface area (Å²) in [4.78, 5) is 12.7. The van der Waals surface area contributed by atoms with E-state index in [0.717, 1.165) is 4.47 Å². The van der Waals surface area contributed by atoms with Crippen LogP contribution in [-0.2, 0) is 0 Å². The number of nitrogens with zero attached hydrogens (tertiary/aromatic N) is 3. The minimum absolute atomic E-state index is 0.317. The van der Waals surface area contributed by atoms with Crippen molar-refractivity contribution in [3.05, 3.63) is 45.9 Å². The standard InChI is InChI=1S/C14H10BrFN4S/c1-7-18-5-10(13(17)19-7)14-20-12(6-21-14)9-4-8(15)2-3-11(9)16/h2-6H,1H3,(H2,17,18,19). The van der Waals surface area contributed by atoms with Crippen molar-refractivity contribution in [3.63, 3.8) is 0 Å². The Hall–Kier alpha value is -1.86. The number of anilines is 1. The predicted octanol–water partition coefficient (Wildman–Crippen LogP) is 4.06. The van der Waals surface area contributed by atoms with Crippen LogP contribution in [0.5, 0.6) is 0 Å². The molecule has 0 unspecified atom stereocenters. The molecule has 0 aliphatic rings. The van der Waals surface area contributed by atoms with Crippen molar-refractivity contribution < 1.29 is 4.39 Å². The largest absolute Gasteiger partial charge is 0.383 e. The van der Waals surface area contributed by atoms with E-state index in [0.29, 0.717) is 33.5 Å². The SMILES string of the molecule is Cc1ncc(-c2nc(-c3cc(Br)ccc3F)cs2)c(N)n1. The van der Waals surface area contributed by atoms with Crippen molar-refractivity contribution in [1.82, 2.24) is 15.0 Å². The molecule has 0 atom stereocenters. The second-order valence-electron chi connectivity index (χ2n) is 4.38. The normalized spacial score (nSPS) is 10.8. The van der Waals surface area contributed by atoms with Gasteiger partial charge in [0.25, 0.3) is 0 Å². The minimum Gasteiger partial charge on any atom is -0.383 e. The maximum Gasteiger partial charge on any atom is 0.137 e. The summed E-state index contributed by atoms with van der Waals surface area (Å²) < 4.78 is 14.7. The van der Waals surface area contributed by atoms with Crippen LogP contribution in [0.1, 0.15) is 5.82 Å². The van der Waals surface area contributed by atoms with Crippen LogP contribution < -0.4 is 5.73 Å². The molecule has 0 bridgehead atoms. The fraction of sp³-hybridized carbons (Fsp3) is 0.0714. The summed E-state index contributed by atoms with van der Waals surface area (Å²) in [7, 11) is 0.